The van der Waals surface area contributed by atoms with Crippen LogP contribution in [-0.2, 0) is 11.8 Å². The van der Waals surface area contributed by atoms with Crippen LogP contribution in [-0.4, -0.2) is 0 Å². The Morgan fingerprint density at radius 1 is 1.19 bits per heavy atom. The van der Waals surface area contributed by atoms with Crippen LogP contribution >= 0.6 is 0 Å². The summed E-state index contributed by atoms with van der Waals surface area (Å²) in [4.78, 5) is 0. The highest BCUT2D eigenvalue weighted by molar-refractivity contribution is 5.38. The van der Waals surface area contributed by atoms with Crippen LogP contribution in [0.4, 0.5) is 0 Å². The SMILES string of the molecule is CCc1ccc(C2(C)C=CC(C)=CC2)cc1. The maximum atomic E-state index is 2.34. The van der Waals surface area contributed by atoms with Crippen LogP contribution in [0.25, 0.3) is 0 Å². The van der Waals surface area contributed by atoms with Gasteiger partial charge in [0.25, 0.3) is 0 Å². The molecule has 0 fully saturated rings. The van der Waals surface area contributed by atoms with Gasteiger partial charge >= 0.3 is 0 Å². The van der Waals surface area contributed by atoms with Gasteiger partial charge in [-0.05, 0) is 30.9 Å². The summed E-state index contributed by atoms with van der Waals surface area (Å²) in [7, 11) is 0. The molecule has 0 amide bonds. The highest BCUT2D eigenvalue weighted by Crippen LogP contribution is 2.33. The molecular weight excluding hydrogens is 192 g/mol. The lowest BCUT2D eigenvalue weighted by Gasteiger charge is -2.28. The van der Waals surface area contributed by atoms with Gasteiger partial charge in [0.15, 0.2) is 0 Å². The Hall–Kier alpha value is -1.30. The predicted molar refractivity (Wildman–Crippen MR) is 70.7 cm³/mol. The molecule has 0 spiro atoms. The first kappa shape index (κ1) is 11.2. The molecule has 0 radical (unpaired) electrons. The zero-order chi connectivity index (χ0) is 11.6. The van der Waals surface area contributed by atoms with Gasteiger partial charge in [-0.3, -0.25) is 0 Å². The average molecular weight is 212 g/mol. The highest BCUT2D eigenvalue weighted by atomic mass is 14.3. The molecule has 0 aliphatic heterocycles. The molecule has 1 unspecified atom stereocenters. The Morgan fingerprint density at radius 2 is 1.88 bits per heavy atom. The van der Waals surface area contributed by atoms with E-state index in [4.69, 9.17) is 0 Å². The van der Waals surface area contributed by atoms with Crippen molar-refractivity contribution >= 4 is 0 Å². The molecule has 0 saturated heterocycles. The van der Waals surface area contributed by atoms with Crippen LogP contribution in [0.5, 0.6) is 0 Å². The van der Waals surface area contributed by atoms with Crippen molar-refractivity contribution in [1.29, 1.82) is 0 Å². The summed E-state index contributed by atoms with van der Waals surface area (Å²) in [6.45, 7) is 6.67. The van der Waals surface area contributed by atoms with Crippen molar-refractivity contribution in [2.75, 3.05) is 0 Å². The number of aryl methyl sites for hydroxylation is 1. The van der Waals surface area contributed by atoms with Crippen LogP contribution < -0.4 is 0 Å². The average Bonchev–Trinajstić information content (AvgIpc) is 2.33. The third-order valence-corrected chi connectivity index (χ3v) is 3.58. The van der Waals surface area contributed by atoms with Crippen molar-refractivity contribution in [3.05, 3.63) is 59.2 Å². The molecule has 0 aromatic heterocycles. The number of hydrogen-bond acceptors (Lipinski definition) is 0. The van der Waals surface area contributed by atoms with E-state index in [2.05, 4.69) is 63.3 Å². The highest BCUT2D eigenvalue weighted by Gasteiger charge is 2.23. The second-order valence-corrected chi connectivity index (χ2v) is 4.95. The molecule has 0 heteroatoms. The minimum atomic E-state index is 0.186. The lowest BCUT2D eigenvalue weighted by molar-refractivity contribution is 0.596. The summed E-state index contributed by atoms with van der Waals surface area (Å²) in [5.74, 6) is 0. The second kappa shape index (κ2) is 4.29. The number of benzene rings is 1. The van der Waals surface area contributed by atoms with Gasteiger partial charge in [-0.15, -0.1) is 0 Å². The maximum Gasteiger partial charge on any atom is 0.0141 e. The van der Waals surface area contributed by atoms with Gasteiger partial charge in [-0.2, -0.15) is 0 Å². The lowest BCUT2D eigenvalue weighted by Crippen LogP contribution is -2.19. The smallest absolute Gasteiger partial charge is 0.0141 e. The lowest BCUT2D eigenvalue weighted by atomic mass is 9.76. The van der Waals surface area contributed by atoms with Gasteiger partial charge < -0.3 is 0 Å². The van der Waals surface area contributed by atoms with Gasteiger partial charge in [0, 0.05) is 5.41 Å². The van der Waals surface area contributed by atoms with E-state index in [1.165, 1.54) is 16.7 Å². The molecule has 0 saturated carbocycles. The van der Waals surface area contributed by atoms with Crippen molar-refractivity contribution in [2.45, 2.75) is 39.0 Å². The zero-order valence-corrected chi connectivity index (χ0v) is 10.5. The molecule has 1 aliphatic carbocycles. The Kier molecular flexibility index (Phi) is 3.00. The first-order chi connectivity index (χ1) is 7.64. The Bertz CT molecular complexity index is 420. The monoisotopic (exact) mass is 212 g/mol. The maximum absolute atomic E-state index is 2.34. The number of allylic oxidation sites excluding steroid dienone is 4. The topological polar surface area (TPSA) is 0 Å². The molecule has 2 rings (SSSR count). The fourth-order valence-corrected chi connectivity index (χ4v) is 2.16. The van der Waals surface area contributed by atoms with Crippen molar-refractivity contribution in [2.24, 2.45) is 0 Å². The quantitative estimate of drug-likeness (QED) is 0.681. The van der Waals surface area contributed by atoms with E-state index in [-0.39, 0.29) is 5.41 Å². The normalized spacial score (nSPS) is 24.3. The van der Waals surface area contributed by atoms with E-state index >= 15 is 0 Å². The Labute approximate surface area is 98.7 Å². The van der Waals surface area contributed by atoms with E-state index < -0.39 is 0 Å². The molecule has 0 N–H and O–H groups in total. The molecular formula is C16H20. The molecule has 1 aromatic rings. The molecule has 1 atom stereocenters. The van der Waals surface area contributed by atoms with Crippen LogP contribution in [0.1, 0.15) is 38.3 Å². The molecule has 1 aliphatic rings. The summed E-state index contributed by atoms with van der Waals surface area (Å²) in [5.41, 5.74) is 4.40. The van der Waals surface area contributed by atoms with Gasteiger partial charge in [0.1, 0.15) is 0 Å². The predicted octanol–water partition coefficient (Wildman–Crippen LogP) is 4.41. The second-order valence-electron chi connectivity index (χ2n) is 4.95. The molecule has 16 heavy (non-hydrogen) atoms. The summed E-state index contributed by atoms with van der Waals surface area (Å²) < 4.78 is 0. The van der Waals surface area contributed by atoms with Gasteiger partial charge in [-0.1, -0.05) is 61.9 Å². The molecule has 0 nitrogen and oxygen atoms in total. The third kappa shape index (κ3) is 2.11. The van der Waals surface area contributed by atoms with Gasteiger partial charge in [0.05, 0.1) is 0 Å². The zero-order valence-electron chi connectivity index (χ0n) is 10.5. The number of rotatable bonds is 2. The van der Waals surface area contributed by atoms with Gasteiger partial charge in [-0.25, -0.2) is 0 Å². The summed E-state index contributed by atoms with van der Waals surface area (Å²) in [6, 6.07) is 9.05. The molecule has 1 aromatic carbocycles. The standard InChI is InChI=1S/C16H20/c1-4-14-5-7-15(8-6-14)16(3)11-9-13(2)10-12-16/h5-11H,4,12H2,1-3H3. The minimum Gasteiger partial charge on any atom is -0.0804 e. The summed E-state index contributed by atoms with van der Waals surface area (Å²) >= 11 is 0. The third-order valence-electron chi connectivity index (χ3n) is 3.58. The van der Waals surface area contributed by atoms with Crippen molar-refractivity contribution in [3.8, 4) is 0 Å². The fourth-order valence-electron chi connectivity index (χ4n) is 2.16. The Morgan fingerprint density at radius 3 is 2.38 bits per heavy atom. The fraction of sp³-hybridized carbons (Fsp3) is 0.375. The largest absolute Gasteiger partial charge is 0.0804 e. The Balaban J connectivity index is 2.27. The molecule has 84 valence electrons. The molecule has 0 bridgehead atoms. The van der Waals surface area contributed by atoms with Crippen molar-refractivity contribution in [1.82, 2.24) is 0 Å². The summed E-state index contributed by atoms with van der Waals surface area (Å²) in [6.07, 6.45) is 9.13. The van der Waals surface area contributed by atoms with E-state index in [0.29, 0.717) is 0 Å². The van der Waals surface area contributed by atoms with Crippen molar-refractivity contribution < 1.29 is 0 Å². The number of hydrogen-bond donors (Lipinski definition) is 0. The van der Waals surface area contributed by atoms with E-state index in [1.54, 1.807) is 0 Å². The summed E-state index contributed by atoms with van der Waals surface area (Å²) in [5, 5.41) is 0. The van der Waals surface area contributed by atoms with E-state index in [0.717, 1.165) is 12.8 Å². The first-order valence-electron chi connectivity index (χ1n) is 6.09. The van der Waals surface area contributed by atoms with Crippen molar-refractivity contribution in [3.63, 3.8) is 0 Å². The van der Waals surface area contributed by atoms with E-state index in [1.807, 2.05) is 0 Å². The van der Waals surface area contributed by atoms with Crippen LogP contribution in [0.3, 0.4) is 0 Å². The van der Waals surface area contributed by atoms with Crippen LogP contribution in [0.2, 0.25) is 0 Å². The van der Waals surface area contributed by atoms with Gasteiger partial charge in [0.2, 0.25) is 0 Å². The minimum absolute atomic E-state index is 0.186. The van der Waals surface area contributed by atoms with Crippen LogP contribution in [0, 0.1) is 0 Å². The van der Waals surface area contributed by atoms with E-state index in [9.17, 15) is 0 Å². The first-order valence-corrected chi connectivity index (χ1v) is 6.09. The molecule has 0 heterocycles. The van der Waals surface area contributed by atoms with Crippen LogP contribution in [0.15, 0.2) is 48.1 Å².